The molecule has 0 bridgehead atoms. The molecule has 0 saturated heterocycles. The Labute approximate surface area is 93.1 Å². The lowest BCUT2D eigenvalue weighted by Gasteiger charge is -2.14. The Kier molecular flexibility index (Phi) is 5.82. The van der Waals surface area contributed by atoms with Crippen molar-refractivity contribution in [3.8, 4) is 0 Å². The molecular weight excluding hydrogens is 194 g/mol. The third-order valence-electron chi connectivity index (χ3n) is 2.43. The fraction of sp³-hybridized carbons (Fsp3) is 0.500. The first-order chi connectivity index (χ1) is 6.15. The minimum Gasteiger partial charge on any atom is -0.324 e. The van der Waals surface area contributed by atoms with Crippen LogP contribution in [0.15, 0.2) is 18.2 Å². The number of nitrogens with two attached hydrogens (primary N) is 1. The second kappa shape index (κ2) is 6.05. The molecular formula is C12H20ClN. The van der Waals surface area contributed by atoms with E-state index in [0.29, 0.717) is 0 Å². The van der Waals surface area contributed by atoms with Gasteiger partial charge in [-0.2, -0.15) is 0 Å². The molecule has 0 aliphatic rings. The lowest BCUT2D eigenvalue weighted by molar-refractivity contribution is 0.635. The number of benzene rings is 1. The fourth-order valence-electron chi connectivity index (χ4n) is 1.63. The summed E-state index contributed by atoms with van der Waals surface area (Å²) < 4.78 is 0. The Morgan fingerprint density at radius 3 is 2.50 bits per heavy atom. The van der Waals surface area contributed by atoms with Crippen LogP contribution in [0.2, 0.25) is 0 Å². The van der Waals surface area contributed by atoms with E-state index in [0.717, 1.165) is 12.8 Å². The first-order valence-electron chi connectivity index (χ1n) is 4.98. The summed E-state index contributed by atoms with van der Waals surface area (Å²) >= 11 is 0. The molecule has 0 amide bonds. The van der Waals surface area contributed by atoms with Crippen molar-refractivity contribution >= 4 is 12.4 Å². The van der Waals surface area contributed by atoms with E-state index in [1.165, 1.54) is 16.7 Å². The van der Waals surface area contributed by atoms with Crippen LogP contribution in [0.3, 0.4) is 0 Å². The highest BCUT2D eigenvalue weighted by Crippen LogP contribution is 2.20. The Morgan fingerprint density at radius 2 is 1.93 bits per heavy atom. The fourth-order valence-corrected chi connectivity index (χ4v) is 1.63. The topological polar surface area (TPSA) is 26.0 Å². The molecule has 1 aromatic carbocycles. The van der Waals surface area contributed by atoms with E-state index in [2.05, 4.69) is 39.0 Å². The van der Waals surface area contributed by atoms with E-state index >= 15 is 0 Å². The van der Waals surface area contributed by atoms with Gasteiger partial charge in [0.15, 0.2) is 0 Å². The molecule has 0 spiro atoms. The number of hydrogen-bond donors (Lipinski definition) is 1. The van der Waals surface area contributed by atoms with Crippen LogP contribution in [0.4, 0.5) is 0 Å². The van der Waals surface area contributed by atoms with Gasteiger partial charge in [0, 0.05) is 6.04 Å². The maximum Gasteiger partial charge on any atom is 0.0297 e. The van der Waals surface area contributed by atoms with Crippen molar-refractivity contribution < 1.29 is 0 Å². The van der Waals surface area contributed by atoms with Crippen molar-refractivity contribution in [3.05, 3.63) is 34.9 Å². The van der Waals surface area contributed by atoms with Crippen molar-refractivity contribution in [2.24, 2.45) is 5.73 Å². The molecule has 2 heteroatoms. The predicted molar refractivity (Wildman–Crippen MR) is 65.0 cm³/mol. The lowest BCUT2D eigenvalue weighted by Crippen LogP contribution is -2.11. The molecule has 0 aliphatic heterocycles. The number of halogens is 1. The van der Waals surface area contributed by atoms with Crippen LogP contribution in [-0.4, -0.2) is 0 Å². The summed E-state index contributed by atoms with van der Waals surface area (Å²) in [7, 11) is 0. The summed E-state index contributed by atoms with van der Waals surface area (Å²) in [6.45, 7) is 6.41. The van der Waals surface area contributed by atoms with Gasteiger partial charge in [0.2, 0.25) is 0 Å². The van der Waals surface area contributed by atoms with Crippen LogP contribution < -0.4 is 5.73 Å². The van der Waals surface area contributed by atoms with Gasteiger partial charge in [-0.15, -0.1) is 12.4 Å². The van der Waals surface area contributed by atoms with Gasteiger partial charge in [0.05, 0.1) is 0 Å². The summed E-state index contributed by atoms with van der Waals surface area (Å²) in [5, 5.41) is 0. The molecule has 0 aliphatic carbocycles. The minimum absolute atomic E-state index is 0. The number of hydrogen-bond acceptors (Lipinski definition) is 1. The summed E-state index contributed by atoms with van der Waals surface area (Å²) in [5.41, 5.74) is 9.99. The highest BCUT2D eigenvalue weighted by Gasteiger charge is 2.07. The number of aryl methyl sites for hydroxylation is 2. The standard InChI is InChI=1S/C12H19N.ClH/c1-4-5-12(13)11-8-9(2)6-7-10(11)3;/h6-8,12H,4-5,13H2,1-3H3;1H/t12-;/m1./s1. The van der Waals surface area contributed by atoms with Crippen LogP contribution in [0.25, 0.3) is 0 Å². The van der Waals surface area contributed by atoms with E-state index in [9.17, 15) is 0 Å². The Balaban J connectivity index is 0.00000169. The average molecular weight is 214 g/mol. The van der Waals surface area contributed by atoms with E-state index in [-0.39, 0.29) is 18.4 Å². The van der Waals surface area contributed by atoms with E-state index in [1.807, 2.05) is 0 Å². The van der Waals surface area contributed by atoms with Gasteiger partial charge >= 0.3 is 0 Å². The molecule has 0 aromatic heterocycles. The molecule has 1 nitrogen and oxygen atoms in total. The maximum atomic E-state index is 6.08. The second-order valence-corrected chi connectivity index (χ2v) is 3.76. The summed E-state index contributed by atoms with van der Waals surface area (Å²) in [6.07, 6.45) is 2.22. The smallest absolute Gasteiger partial charge is 0.0297 e. The SMILES string of the molecule is CCC[C@@H](N)c1cc(C)ccc1C.Cl. The van der Waals surface area contributed by atoms with Gasteiger partial charge in [0.1, 0.15) is 0 Å². The Morgan fingerprint density at radius 1 is 1.29 bits per heavy atom. The van der Waals surface area contributed by atoms with Gasteiger partial charge in [-0.25, -0.2) is 0 Å². The van der Waals surface area contributed by atoms with Crippen LogP contribution in [0.5, 0.6) is 0 Å². The summed E-state index contributed by atoms with van der Waals surface area (Å²) in [5.74, 6) is 0. The quantitative estimate of drug-likeness (QED) is 0.817. The van der Waals surface area contributed by atoms with Gasteiger partial charge in [0.25, 0.3) is 0 Å². The highest BCUT2D eigenvalue weighted by atomic mass is 35.5. The normalized spacial score (nSPS) is 12.0. The van der Waals surface area contributed by atoms with Crippen molar-refractivity contribution in [2.45, 2.75) is 39.7 Å². The van der Waals surface area contributed by atoms with Gasteiger partial charge < -0.3 is 5.73 Å². The lowest BCUT2D eigenvalue weighted by atomic mass is 9.97. The third-order valence-corrected chi connectivity index (χ3v) is 2.43. The molecule has 80 valence electrons. The molecule has 0 fully saturated rings. The third kappa shape index (κ3) is 3.32. The van der Waals surface area contributed by atoms with Gasteiger partial charge in [-0.1, -0.05) is 37.1 Å². The van der Waals surface area contributed by atoms with Crippen molar-refractivity contribution in [1.82, 2.24) is 0 Å². The first-order valence-corrected chi connectivity index (χ1v) is 4.98. The largest absolute Gasteiger partial charge is 0.324 e. The zero-order valence-corrected chi connectivity index (χ0v) is 10.0. The van der Waals surface area contributed by atoms with E-state index < -0.39 is 0 Å². The van der Waals surface area contributed by atoms with Crippen LogP contribution in [-0.2, 0) is 0 Å². The maximum absolute atomic E-state index is 6.08. The molecule has 0 radical (unpaired) electrons. The van der Waals surface area contributed by atoms with E-state index in [1.54, 1.807) is 0 Å². The van der Waals surface area contributed by atoms with Gasteiger partial charge in [-0.05, 0) is 31.4 Å². The Bertz CT molecular complexity index is 284. The van der Waals surface area contributed by atoms with Gasteiger partial charge in [-0.3, -0.25) is 0 Å². The first kappa shape index (κ1) is 13.5. The predicted octanol–water partition coefficient (Wildman–Crippen LogP) is 3.53. The molecule has 0 unspecified atom stereocenters. The molecule has 0 heterocycles. The Hall–Kier alpha value is -0.530. The van der Waals surface area contributed by atoms with Crippen molar-refractivity contribution in [1.29, 1.82) is 0 Å². The second-order valence-electron chi connectivity index (χ2n) is 3.76. The molecule has 14 heavy (non-hydrogen) atoms. The molecule has 0 saturated carbocycles. The summed E-state index contributed by atoms with van der Waals surface area (Å²) in [6, 6.07) is 6.71. The van der Waals surface area contributed by atoms with Crippen molar-refractivity contribution in [2.75, 3.05) is 0 Å². The van der Waals surface area contributed by atoms with Crippen molar-refractivity contribution in [3.63, 3.8) is 0 Å². The minimum atomic E-state index is 0. The number of rotatable bonds is 3. The molecule has 1 aromatic rings. The van der Waals surface area contributed by atoms with Crippen LogP contribution in [0, 0.1) is 13.8 Å². The summed E-state index contributed by atoms with van der Waals surface area (Å²) in [4.78, 5) is 0. The highest BCUT2D eigenvalue weighted by molar-refractivity contribution is 5.85. The van der Waals surface area contributed by atoms with E-state index in [4.69, 9.17) is 5.73 Å². The zero-order valence-electron chi connectivity index (χ0n) is 9.21. The monoisotopic (exact) mass is 213 g/mol. The molecule has 2 N–H and O–H groups in total. The average Bonchev–Trinajstić information content (AvgIpc) is 2.09. The molecule has 1 atom stereocenters. The van der Waals surface area contributed by atoms with Crippen LogP contribution in [0.1, 0.15) is 42.5 Å². The molecule has 1 rings (SSSR count). The van der Waals surface area contributed by atoms with Crippen LogP contribution >= 0.6 is 12.4 Å². The zero-order chi connectivity index (χ0) is 9.84.